The SMILES string of the molecule is CO[C@@]12C[C@@H](C(=O)N[C@]3(C(=O)NS(=O)(=O)C4CC4)C[C@H]3C3CC3)N(C1)C(=O)[C@H](C(C)(C)C)NC(=O)OCCCCCCCc1ccccc1-c1ccc2cc1. The van der Waals surface area contributed by atoms with Gasteiger partial charge in [0.2, 0.25) is 21.8 Å². The van der Waals surface area contributed by atoms with E-state index in [1.165, 1.54) is 10.5 Å². The summed E-state index contributed by atoms with van der Waals surface area (Å²) in [7, 11) is -2.30. The highest BCUT2D eigenvalue weighted by atomic mass is 32.2. The minimum Gasteiger partial charge on any atom is -0.450 e. The molecule has 3 saturated carbocycles. The van der Waals surface area contributed by atoms with Crippen LogP contribution >= 0.6 is 0 Å². The molecule has 4 fully saturated rings. The minimum absolute atomic E-state index is 0.000963. The molecule has 0 unspecified atom stereocenters. The van der Waals surface area contributed by atoms with Crippen LogP contribution in [-0.2, 0) is 45.9 Å². The molecule has 3 aliphatic heterocycles. The number of benzene rings is 2. The quantitative estimate of drug-likeness (QED) is 0.340. The van der Waals surface area contributed by atoms with E-state index < -0.39 is 67.7 Å². The number of fused-ring (bicyclic) bond motifs is 13. The third kappa shape index (κ3) is 8.28. The number of methoxy groups -OCH3 is 1. The second kappa shape index (κ2) is 15.2. The van der Waals surface area contributed by atoms with E-state index >= 15 is 0 Å². The Morgan fingerprint density at radius 2 is 1.62 bits per heavy atom. The highest BCUT2D eigenvalue weighted by molar-refractivity contribution is 7.91. The summed E-state index contributed by atoms with van der Waals surface area (Å²) in [6.07, 6.45) is 8.17. The van der Waals surface area contributed by atoms with Gasteiger partial charge in [-0.15, -0.1) is 0 Å². The van der Waals surface area contributed by atoms with Crippen molar-refractivity contribution < 1.29 is 37.1 Å². The summed E-state index contributed by atoms with van der Waals surface area (Å²) >= 11 is 0. The summed E-state index contributed by atoms with van der Waals surface area (Å²) in [5.74, 6) is -1.75. The maximum Gasteiger partial charge on any atom is 0.407 e. The van der Waals surface area contributed by atoms with Crippen LogP contribution in [0, 0.1) is 17.3 Å². The van der Waals surface area contributed by atoms with Crippen LogP contribution in [0.4, 0.5) is 4.79 Å². The maximum atomic E-state index is 14.8. The molecule has 4 bridgehead atoms. The molecular formula is C42H56N4O8S. The molecule has 4 amide bonds. The largest absolute Gasteiger partial charge is 0.450 e. The molecule has 12 nitrogen and oxygen atoms in total. The van der Waals surface area contributed by atoms with Crippen LogP contribution < -0.4 is 15.4 Å². The van der Waals surface area contributed by atoms with Gasteiger partial charge in [-0.3, -0.25) is 19.1 Å². The molecule has 8 rings (SSSR count). The number of rotatable bonds is 7. The molecule has 6 aliphatic rings. The number of hydrogen-bond donors (Lipinski definition) is 3. The van der Waals surface area contributed by atoms with Crippen molar-refractivity contribution in [2.75, 3.05) is 20.3 Å². The third-order valence-corrected chi connectivity index (χ3v) is 14.2. The summed E-state index contributed by atoms with van der Waals surface area (Å²) in [4.78, 5) is 57.9. The average molecular weight is 777 g/mol. The lowest BCUT2D eigenvalue weighted by Crippen LogP contribution is -2.60. The van der Waals surface area contributed by atoms with Gasteiger partial charge in [-0.05, 0) is 90.9 Å². The van der Waals surface area contributed by atoms with Crippen molar-refractivity contribution in [2.24, 2.45) is 17.3 Å². The van der Waals surface area contributed by atoms with Crippen molar-refractivity contribution in [2.45, 2.75) is 126 Å². The molecule has 3 heterocycles. The molecule has 3 aliphatic carbocycles. The van der Waals surface area contributed by atoms with Gasteiger partial charge in [0.15, 0.2) is 0 Å². The molecule has 55 heavy (non-hydrogen) atoms. The Labute approximate surface area is 324 Å². The number of carbonyl (C=O) groups is 4. The fourth-order valence-electron chi connectivity index (χ4n) is 8.68. The van der Waals surface area contributed by atoms with Crippen molar-refractivity contribution in [3.8, 4) is 11.1 Å². The lowest BCUT2D eigenvalue weighted by molar-refractivity contribution is -0.143. The van der Waals surface area contributed by atoms with E-state index in [0.29, 0.717) is 25.7 Å². The van der Waals surface area contributed by atoms with Crippen LogP contribution in [0.2, 0.25) is 0 Å². The molecule has 298 valence electrons. The van der Waals surface area contributed by atoms with E-state index in [4.69, 9.17) is 9.47 Å². The van der Waals surface area contributed by atoms with Gasteiger partial charge in [-0.25, -0.2) is 13.2 Å². The van der Waals surface area contributed by atoms with Crippen LogP contribution in [-0.4, -0.2) is 80.3 Å². The molecule has 0 aromatic heterocycles. The number of sulfonamides is 1. The first kappa shape index (κ1) is 39.3. The van der Waals surface area contributed by atoms with Gasteiger partial charge >= 0.3 is 6.09 Å². The molecule has 5 atom stereocenters. The van der Waals surface area contributed by atoms with E-state index in [-0.39, 0.29) is 31.4 Å². The van der Waals surface area contributed by atoms with Crippen LogP contribution in [0.15, 0.2) is 48.5 Å². The smallest absolute Gasteiger partial charge is 0.407 e. The zero-order valence-electron chi connectivity index (χ0n) is 32.5. The fourth-order valence-corrected chi connectivity index (χ4v) is 10.0. The molecule has 3 N–H and O–H groups in total. The normalized spacial score (nSPS) is 29.3. The molecule has 2 aromatic rings. The lowest BCUT2D eigenvalue weighted by atomic mass is 9.85. The van der Waals surface area contributed by atoms with Crippen LogP contribution in [0.1, 0.15) is 103 Å². The zero-order chi connectivity index (χ0) is 39.2. The molecule has 1 saturated heterocycles. The molecule has 0 radical (unpaired) electrons. The van der Waals surface area contributed by atoms with Gasteiger partial charge < -0.3 is 25.0 Å². The maximum absolute atomic E-state index is 14.8. The van der Waals surface area contributed by atoms with Crippen LogP contribution in [0.25, 0.3) is 11.1 Å². The highest BCUT2D eigenvalue weighted by Gasteiger charge is 2.67. The fraction of sp³-hybridized carbons (Fsp3) is 0.619. The Morgan fingerprint density at radius 3 is 2.29 bits per heavy atom. The van der Waals surface area contributed by atoms with E-state index in [0.717, 1.165) is 61.6 Å². The minimum atomic E-state index is -3.86. The average Bonchev–Trinajstić information content (AvgIpc) is 4.02. The first-order valence-corrected chi connectivity index (χ1v) is 21.6. The molecule has 0 spiro atoms. The topological polar surface area (TPSA) is 160 Å². The van der Waals surface area contributed by atoms with E-state index in [1.807, 2.05) is 39.0 Å². The van der Waals surface area contributed by atoms with E-state index in [1.54, 1.807) is 7.11 Å². The molecule has 2 aromatic carbocycles. The highest BCUT2D eigenvalue weighted by Crippen LogP contribution is 2.57. The van der Waals surface area contributed by atoms with Crippen molar-refractivity contribution in [3.63, 3.8) is 0 Å². The second-order valence-corrected chi connectivity index (χ2v) is 19.5. The number of carbonyl (C=O) groups excluding carboxylic acids is 4. The number of aryl methyl sites for hydroxylation is 1. The summed E-state index contributed by atoms with van der Waals surface area (Å²) in [5, 5.41) is 5.20. The predicted molar refractivity (Wildman–Crippen MR) is 207 cm³/mol. The van der Waals surface area contributed by atoms with Crippen LogP contribution in [0.3, 0.4) is 0 Å². The lowest BCUT2D eigenvalue weighted by Gasteiger charge is -2.36. The number of nitrogens with zero attached hydrogens (tertiary/aromatic N) is 1. The number of nitrogens with one attached hydrogen (secondary N) is 3. The number of amides is 4. The number of hydrogen-bond acceptors (Lipinski definition) is 8. The van der Waals surface area contributed by atoms with Gasteiger partial charge in [0.25, 0.3) is 5.91 Å². The Morgan fingerprint density at radius 1 is 0.927 bits per heavy atom. The Kier molecular flexibility index (Phi) is 10.8. The number of ether oxygens (including phenoxy) is 2. The van der Waals surface area contributed by atoms with Crippen LogP contribution in [0.5, 0.6) is 0 Å². The molecular weight excluding hydrogens is 721 g/mol. The Bertz CT molecular complexity index is 1900. The van der Waals surface area contributed by atoms with Crippen molar-refractivity contribution in [1.29, 1.82) is 0 Å². The standard InChI is InChI=1S/C42H56N4O8S/c1-40(2,3)35-37(48)46-26-41(53-4,25-34(46)36(47)44-42(24-33(42)29-15-16-29)38(49)45-55(51,52)31-21-22-31)30-19-17-28(18-20-30)32-14-10-9-13-27(32)12-8-6-5-7-11-23-54-39(50)43-35/h9-10,13-14,17-20,29,31,33-35H,5-8,11-12,15-16,21-26H2,1-4H3,(H,43,50)(H,44,47)(H,45,49)/t33-,34-,35+,41-,42+/m0/s1. The van der Waals surface area contributed by atoms with Gasteiger partial charge in [0, 0.05) is 13.5 Å². The van der Waals surface area contributed by atoms with Gasteiger partial charge in [0.05, 0.1) is 18.4 Å². The summed E-state index contributed by atoms with van der Waals surface area (Å²) in [5.41, 5.74) is 0.972. The number of alkyl carbamates (subject to hydrolysis) is 1. The van der Waals surface area contributed by atoms with Crippen molar-refractivity contribution in [1.82, 2.24) is 20.3 Å². The van der Waals surface area contributed by atoms with Gasteiger partial charge in [0.1, 0.15) is 23.2 Å². The zero-order valence-corrected chi connectivity index (χ0v) is 33.3. The monoisotopic (exact) mass is 776 g/mol. The first-order chi connectivity index (χ1) is 26.2. The van der Waals surface area contributed by atoms with Crippen molar-refractivity contribution in [3.05, 3.63) is 59.7 Å². The molecule has 13 heteroatoms. The Balaban J connectivity index is 1.24. The summed E-state index contributed by atoms with van der Waals surface area (Å²) in [6, 6.07) is 14.3. The van der Waals surface area contributed by atoms with E-state index in [9.17, 15) is 27.6 Å². The summed E-state index contributed by atoms with van der Waals surface area (Å²) < 4.78 is 39.9. The van der Waals surface area contributed by atoms with Gasteiger partial charge in [-0.1, -0.05) is 88.6 Å². The third-order valence-electron chi connectivity index (χ3n) is 12.4. The predicted octanol–water partition coefficient (Wildman–Crippen LogP) is 5.34. The van der Waals surface area contributed by atoms with Gasteiger partial charge in [-0.2, -0.15) is 0 Å². The van der Waals surface area contributed by atoms with E-state index in [2.05, 4.69) is 45.7 Å². The van der Waals surface area contributed by atoms with Crippen molar-refractivity contribution >= 4 is 33.8 Å². The Hall–Kier alpha value is -3.97. The summed E-state index contributed by atoms with van der Waals surface area (Å²) in [6.45, 7) is 5.74. The second-order valence-electron chi connectivity index (χ2n) is 17.5. The first-order valence-electron chi connectivity index (χ1n) is 20.0.